The summed E-state index contributed by atoms with van der Waals surface area (Å²) in [5.41, 5.74) is -0.726. The summed E-state index contributed by atoms with van der Waals surface area (Å²) in [6, 6.07) is 6.11. The number of phenolic OH excluding ortho intramolecular Hbond substituents is 1. The molecule has 0 radical (unpaired) electrons. The summed E-state index contributed by atoms with van der Waals surface area (Å²) in [5, 5.41) is 21.9. The molecule has 0 amide bonds. The summed E-state index contributed by atoms with van der Waals surface area (Å²) < 4.78 is 32.0. The van der Waals surface area contributed by atoms with Crippen molar-refractivity contribution < 1.29 is 23.8 Å². The monoisotopic (exact) mass is 313 g/mol. The van der Waals surface area contributed by atoms with Gasteiger partial charge in [0.15, 0.2) is 11.6 Å². The molecule has 0 saturated heterocycles. The number of nitrogens with zero attached hydrogens (tertiary/aromatic N) is 1. The summed E-state index contributed by atoms with van der Waals surface area (Å²) in [7, 11) is 1.35. The molecule has 7 heteroatoms. The van der Waals surface area contributed by atoms with E-state index in [0.717, 1.165) is 6.07 Å². The quantitative estimate of drug-likeness (QED) is 0.517. The number of hydrogen-bond acceptors (Lipinski definition) is 4. The largest absolute Gasteiger partial charge is 0.506 e. The summed E-state index contributed by atoms with van der Waals surface area (Å²) in [6.07, 6.45) is 0. The number of rotatable bonds is 3. The molecule has 2 aromatic rings. The van der Waals surface area contributed by atoms with Crippen molar-refractivity contribution in [2.24, 2.45) is 5.16 Å². The predicted molar refractivity (Wildman–Crippen MR) is 73.5 cm³/mol. The maximum atomic E-state index is 13.8. The van der Waals surface area contributed by atoms with Gasteiger partial charge < -0.3 is 15.1 Å². The molecular weight excluding hydrogens is 304 g/mol. The van der Waals surface area contributed by atoms with E-state index in [4.69, 9.17) is 21.5 Å². The molecule has 0 aliphatic heterocycles. The van der Waals surface area contributed by atoms with E-state index >= 15 is 0 Å². The Kier molecular flexibility index (Phi) is 4.28. The molecule has 2 N–H and O–H groups in total. The molecule has 0 bridgehead atoms. The number of hydrogen-bond donors (Lipinski definition) is 2. The molecule has 0 aromatic heterocycles. The number of benzene rings is 2. The van der Waals surface area contributed by atoms with E-state index in [1.165, 1.54) is 31.4 Å². The van der Waals surface area contributed by atoms with Crippen LogP contribution in [0, 0.1) is 11.6 Å². The molecule has 0 atom stereocenters. The number of oxime groups is 1. The Morgan fingerprint density at radius 3 is 2.52 bits per heavy atom. The van der Waals surface area contributed by atoms with Crippen LogP contribution in [0.1, 0.15) is 11.1 Å². The van der Waals surface area contributed by atoms with E-state index in [9.17, 15) is 13.9 Å². The first kappa shape index (κ1) is 15.1. The summed E-state index contributed by atoms with van der Waals surface area (Å²) in [5.74, 6) is -2.58. The minimum atomic E-state index is -1.20. The topological polar surface area (TPSA) is 62.0 Å². The zero-order chi connectivity index (χ0) is 15.6. The number of aromatic hydroxyl groups is 1. The average Bonchev–Trinajstić information content (AvgIpc) is 2.48. The minimum absolute atomic E-state index is 0.0622. The molecule has 4 nitrogen and oxygen atoms in total. The molecule has 2 rings (SSSR count). The van der Waals surface area contributed by atoms with E-state index in [1.54, 1.807) is 0 Å². The van der Waals surface area contributed by atoms with Gasteiger partial charge in [0, 0.05) is 11.1 Å². The molecular formula is C14H10ClF2NO3. The summed E-state index contributed by atoms with van der Waals surface area (Å²) in [4.78, 5) is 0. The first-order valence-electron chi connectivity index (χ1n) is 5.73. The first-order chi connectivity index (χ1) is 10.0. The van der Waals surface area contributed by atoms with Crippen molar-refractivity contribution in [1.82, 2.24) is 0 Å². The Hall–Kier alpha value is -2.34. The van der Waals surface area contributed by atoms with Crippen LogP contribution in [0.25, 0.3) is 0 Å². The maximum absolute atomic E-state index is 13.8. The van der Waals surface area contributed by atoms with Crippen molar-refractivity contribution in [3.8, 4) is 11.5 Å². The van der Waals surface area contributed by atoms with Crippen LogP contribution >= 0.6 is 11.6 Å². The van der Waals surface area contributed by atoms with E-state index in [-0.39, 0.29) is 27.6 Å². The third kappa shape index (κ3) is 2.62. The third-order valence-corrected chi connectivity index (χ3v) is 3.23. The molecule has 0 aliphatic rings. The van der Waals surface area contributed by atoms with Crippen LogP contribution in [0.2, 0.25) is 5.02 Å². The van der Waals surface area contributed by atoms with E-state index < -0.39 is 17.4 Å². The normalized spacial score (nSPS) is 11.5. The standard InChI is InChI=1S/C14H10ClF2NO3/c1-21-10-6-5-8(14(19)11(10)15)13(18-20)7-3-2-4-9(16)12(7)17/h2-6,19-20H,1H3. The highest BCUT2D eigenvalue weighted by Crippen LogP contribution is 2.37. The average molecular weight is 314 g/mol. The fourth-order valence-electron chi connectivity index (χ4n) is 1.83. The zero-order valence-corrected chi connectivity index (χ0v) is 11.5. The summed E-state index contributed by atoms with van der Waals surface area (Å²) >= 11 is 5.88. The zero-order valence-electron chi connectivity index (χ0n) is 10.8. The maximum Gasteiger partial charge on any atom is 0.168 e. The highest BCUT2D eigenvalue weighted by Gasteiger charge is 2.21. The van der Waals surface area contributed by atoms with Gasteiger partial charge in [-0.25, -0.2) is 8.78 Å². The van der Waals surface area contributed by atoms with E-state index in [2.05, 4.69) is 5.16 Å². The van der Waals surface area contributed by atoms with Gasteiger partial charge in [-0.3, -0.25) is 0 Å². The van der Waals surface area contributed by atoms with Gasteiger partial charge in [-0.1, -0.05) is 22.8 Å². The summed E-state index contributed by atoms with van der Waals surface area (Å²) in [6.45, 7) is 0. The third-order valence-electron chi connectivity index (χ3n) is 2.86. The lowest BCUT2D eigenvalue weighted by Crippen LogP contribution is -2.08. The lowest BCUT2D eigenvalue weighted by molar-refractivity contribution is 0.319. The smallest absolute Gasteiger partial charge is 0.168 e. The second-order valence-corrected chi connectivity index (χ2v) is 4.41. The van der Waals surface area contributed by atoms with Gasteiger partial charge in [0.05, 0.1) is 7.11 Å². The van der Waals surface area contributed by atoms with Crippen molar-refractivity contribution >= 4 is 17.3 Å². The van der Waals surface area contributed by atoms with Gasteiger partial charge in [0.25, 0.3) is 0 Å². The molecule has 0 aliphatic carbocycles. The number of phenols is 1. The minimum Gasteiger partial charge on any atom is -0.506 e. The molecule has 0 heterocycles. The van der Waals surface area contributed by atoms with Gasteiger partial charge >= 0.3 is 0 Å². The SMILES string of the molecule is COc1ccc(C(=NO)c2cccc(F)c2F)c(O)c1Cl. The van der Waals surface area contributed by atoms with Gasteiger partial charge in [-0.2, -0.15) is 0 Å². The van der Waals surface area contributed by atoms with Crippen LogP contribution in [0.15, 0.2) is 35.5 Å². The van der Waals surface area contributed by atoms with E-state index in [1.807, 2.05) is 0 Å². The molecule has 110 valence electrons. The lowest BCUT2D eigenvalue weighted by Gasteiger charge is -2.11. The Morgan fingerprint density at radius 1 is 1.19 bits per heavy atom. The van der Waals surface area contributed by atoms with Crippen molar-refractivity contribution in [3.05, 3.63) is 58.1 Å². The lowest BCUT2D eigenvalue weighted by atomic mass is 10.0. The van der Waals surface area contributed by atoms with Crippen LogP contribution < -0.4 is 4.74 Å². The van der Waals surface area contributed by atoms with Crippen LogP contribution in [0.4, 0.5) is 8.78 Å². The number of ether oxygens (including phenoxy) is 1. The molecule has 0 saturated carbocycles. The first-order valence-corrected chi connectivity index (χ1v) is 6.11. The van der Waals surface area contributed by atoms with Crippen molar-refractivity contribution in [3.63, 3.8) is 0 Å². The Labute approximate surface area is 123 Å². The Bertz CT molecular complexity index is 720. The highest BCUT2D eigenvalue weighted by molar-refractivity contribution is 6.34. The Morgan fingerprint density at radius 2 is 1.90 bits per heavy atom. The molecule has 0 unspecified atom stereocenters. The molecule has 0 spiro atoms. The van der Waals surface area contributed by atoms with E-state index in [0.29, 0.717) is 0 Å². The molecule has 2 aromatic carbocycles. The fourth-order valence-corrected chi connectivity index (χ4v) is 2.08. The van der Waals surface area contributed by atoms with Crippen molar-refractivity contribution in [1.29, 1.82) is 0 Å². The van der Waals surface area contributed by atoms with Gasteiger partial charge in [0.1, 0.15) is 22.2 Å². The second kappa shape index (κ2) is 5.97. The van der Waals surface area contributed by atoms with Crippen LogP contribution in [-0.2, 0) is 0 Å². The van der Waals surface area contributed by atoms with Crippen LogP contribution in [0.3, 0.4) is 0 Å². The fraction of sp³-hybridized carbons (Fsp3) is 0.0714. The van der Waals surface area contributed by atoms with Gasteiger partial charge in [0.2, 0.25) is 0 Å². The van der Waals surface area contributed by atoms with Crippen LogP contribution in [0.5, 0.6) is 11.5 Å². The van der Waals surface area contributed by atoms with Crippen molar-refractivity contribution in [2.75, 3.05) is 7.11 Å². The van der Waals surface area contributed by atoms with Crippen molar-refractivity contribution in [2.45, 2.75) is 0 Å². The predicted octanol–water partition coefficient (Wildman–Crippen LogP) is 3.56. The second-order valence-electron chi connectivity index (χ2n) is 4.03. The van der Waals surface area contributed by atoms with Gasteiger partial charge in [-0.15, -0.1) is 0 Å². The molecule has 21 heavy (non-hydrogen) atoms. The number of methoxy groups -OCH3 is 1. The van der Waals surface area contributed by atoms with Crippen LogP contribution in [-0.4, -0.2) is 23.1 Å². The Balaban J connectivity index is 2.64. The van der Waals surface area contributed by atoms with Gasteiger partial charge in [-0.05, 0) is 24.3 Å². The number of halogens is 3. The highest BCUT2D eigenvalue weighted by atomic mass is 35.5. The molecule has 0 fully saturated rings.